The minimum Gasteiger partial charge on any atom is -0.355 e. The Kier molecular flexibility index (Phi) is 5.46. The maximum atomic E-state index is 12.8. The monoisotopic (exact) mass is 340 g/mol. The molecule has 1 aromatic rings. The number of halogens is 1. The average Bonchev–Trinajstić information content (AvgIpc) is 2.70. The molecule has 22 heavy (non-hydrogen) atoms. The lowest BCUT2D eigenvalue weighted by atomic mass is 10.1. The van der Waals surface area contributed by atoms with E-state index in [1.54, 1.807) is 0 Å². The van der Waals surface area contributed by atoms with E-state index >= 15 is 0 Å². The van der Waals surface area contributed by atoms with Crippen LogP contribution in [0.15, 0.2) is 29.2 Å². The molecule has 5 nitrogen and oxygen atoms in total. The summed E-state index contributed by atoms with van der Waals surface area (Å²) in [5.41, 5.74) is 0. The zero-order valence-electron chi connectivity index (χ0n) is 12.0. The summed E-state index contributed by atoms with van der Waals surface area (Å²) in [4.78, 5) is 12.2. The van der Waals surface area contributed by atoms with Crippen molar-refractivity contribution in [1.82, 2.24) is 9.62 Å². The highest BCUT2D eigenvalue weighted by molar-refractivity contribution is 7.89. The van der Waals surface area contributed by atoms with Crippen LogP contribution in [0.5, 0.6) is 0 Å². The Morgan fingerprint density at radius 2 is 2.00 bits per heavy atom. The number of benzene rings is 1. The number of nitrogens with one attached hydrogen (secondary N) is 1. The first-order valence-corrected chi connectivity index (χ1v) is 8.77. The second kappa shape index (κ2) is 7.14. The number of hydrogen-bond acceptors (Lipinski definition) is 3. The Morgan fingerprint density at radius 1 is 1.32 bits per heavy atom. The van der Waals surface area contributed by atoms with Crippen molar-refractivity contribution >= 4 is 27.5 Å². The largest absolute Gasteiger partial charge is 0.355 e. The molecule has 118 valence electrons. The van der Waals surface area contributed by atoms with E-state index in [2.05, 4.69) is 11.2 Å². The predicted octanol–water partition coefficient (Wildman–Crippen LogP) is 1.63. The molecule has 1 atom stereocenters. The quantitative estimate of drug-likeness (QED) is 0.847. The Morgan fingerprint density at radius 3 is 2.64 bits per heavy atom. The summed E-state index contributed by atoms with van der Waals surface area (Å²) >= 11 is 5.79. The highest BCUT2D eigenvalue weighted by atomic mass is 35.5. The first-order chi connectivity index (χ1) is 10.5. The third-order valence-electron chi connectivity index (χ3n) is 3.52. The summed E-state index contributed by atoms with van der Waals surface area (Å²) in [7, 11) is -3.86. The summed E-state index contributed by atoms with van der Waals surface area (Å²) in [5.74, 6) is 2.03. The number of terminal acetylenes is 1. The van der Waals surface area contributed by atoms with Gasteiger partial charge < -0.3 is 5.32 Å². The molecular formula is C15H17ClN2O3S. The number of sulfonamides is 1. The molecule has 1 aromatic carbocycles. The maximum Gasteiger partial charge on any atom is 0.244 e. The second-order valence-electron chi connectivity index (χ2n) is 5.01. The molecule has 1 amide bonds. The van der Waals surface area contributed by atoms with E-state index < -0.39 is 16.1 Å². The first kappa shape index (κ1) is 16.8. The van der Waals surface area contributed by atoms with Gasteiger partial charge in [-0.05, 0) is 43.5 Å². The molecule has 1 aliphatic heterocycles. The zero-order chi connectivity index (χ0) is 16.2. The van der Waals surface area contributed by atoms with Crippen LogP contribution >= 0.6 is 11.6 Å². The molecule has 0 spiro atoms. The van der Waals surface area contributed by atoms with Crippen molar-refractivity contribution in [2.75, 3.05) is 13.1 Å². The Bertz CT molecular complexity index is 680. The molecule has 7 heteroatoms. The van der Waals surface area contributed by atoms with Gasteiger partial charge in [0.1, 0.15) is 6.04 Å². The Balaban J connectivity index is 2.39. The van der Waals surface area contributed by atoms with Crippen molar-refractivity contribution in [2.24, 2.45) is 0 Å². The van der Waals surface area contributed by atoms with Gasteiger partial charge in [0.05, 0.1) is 11.4 Å². The van der Waals surface area contributed by atoms with E-state index in [1.807, 2.05) is 0 Å². The van der Waals surface area contributed by atoms with Crippen LogP contribution < -0.4 is 5.32 Å². The molecule has 1 N–H and O–H groups in total. The van der Waals surface area contributed by atoms with Gasteiger partial charge >= 0.3 is 0 Å². The number of rotatable bonds is 4. The standard InChI is InChI=1S/C15H17ClN2O3S/c1-2-11-18(14-5-3-4-10-17-15(14)19)22(20,21)13-8-6-12(16)7-9-13/h1,6-9,14H,3-5,10-11H2,(H,17,19). The van der Waals surface area contributed by atoms with E-state index in [-0.39, 0.29) is 17.3 Å². The van der Waals surface area contributed by atoms with Crippen molar-refractivity contribution < 1.29 is 13.2 Å². The zero-order valence-corrected chi connectivity index (χ0v) is 13.5. The van der Waals surface area contributed by atoms with Crippen LogP contribution in [0.25, 0.3) is 0 Å². The summed E-state index contributed by atoms with van der Waals surface area (Å²) in [5, 5.41) is 3.17. The molecular weight excluding hydrogens is 324 g/mol. The minimum absolute atomic E-state index is 0.0733. The van der Waals surface area contributed by atoms with Gasteiger partial charge in [-0.1, -0.05) is 17.5 Å². The van der Waals surface area contributed by atoms with E-state index in [1.165, 1.54) is 24.3 Å². The lowest BCUT2D eigenvalue weighted by Gasteiger charge is -2.27. The van der Waals surface area contributed by atoms with E-state index in [0.29, 0.717) is 18.0 Å². The fourth-order valence-electron chi connectivity index (χ4n) is 2.39. The molecule has 0 aromatic heterocycles. The first-order valence-electron chi connectivity index (χ1n) is 6.95. The summed E-state index contributed by atoms with van der Waals surface area (Å²) in [6.07, 6.45) is 7.36. The minimum atomic E-state index is -3.86. The van der Waals surface area contributed by atoms with Crippen LogP contribution in [-0.2, 0) is 14.8 Å². The number of hydrogen-bond donors (Lipinski definition) is 1. The van der Waals surface area contributed by atoms with E-state index in [0.717, 1.165) is 17.1 Å². The van der Waals surface area contributed by atoms with Crippen molar-refractivity contribution in [1.29, 1.82) is 0 Å². The van der Waals surface area contributed by atoms with Crippen LogP contribution in [0.3, 0.4) is 0 Å². The molecule has 1 saturated heterocycles. The second-order valence-corrected chi connectivity index (χ2v) is 7.34. The van der Waals surface area contributed by atoms with Crippen molar-refractivity contribution in [3.63, 3.8) is 0 Å². The van der Waals surface area contributed by atoms with Crippen LogP contribution in [0.4, 0.5) is 0 Å². The van der Waals surface area contributed by atoms with Gasteiger partial charge in [0, 0.05) is 11.6 Å². The van der Waals surface area contributed by atoms with Gasteiger partial charge in [0.25, 0.3) is 0 Å². The van der Waals surface area contributed by atoms with E-state index in [4.69, 9.17) is 18.0 Å². The number of amides is 1. The van der Waals surface area contributed by atoms with Crippen LogP contribution in [-0.4, -0.2) is 37.8 Å². The topological polar surface area (TPSA) is 66.5 Å². The van der Waals surface area contributed by atoms with Gasteiger partial charge in [-0.15, -0.1) is 6.42 Å². The van der Waals surface area contributed by atoms with Gasteiger partial charge in [0.2, 0.25) is 15.9 Å². The van der Waals surface area contributed by atoms with Gasteiger partial charge in [0.15, 0.2) is 0 Å². The number of carbonyl (C=O) groups is 1. The van der Waals surface area contributed by atoms with Crippen molar-refractivity contribution in [3.8, 4) is 12.3 Å². The lowest BCUT2D eigenvalue weighted by molar-refractivity contribution is -0.124. The number of carbonyl (C=O) groups excluding carboxylic acids is 1. The SMILES string of the molecule is C#CCN(C1CCCCNC1=O)S(=O)(=O)c1ccc(Cl)cc1. The molecule has 1 aliphatic rings. The lowest BCUT2D eigenvalue weighted by Crippen LogP contribution is -2.48. The number of nitrogens with zero attached hydrogens (tertiary/aromatic N) is 1. The summed E-state index contributed by atoms with van der Waals surface area (Å²) in [6, 6.07) is 5.04. The Hall–Kier alpha value is -1.55. The summed E-state index contributed by atoms with van der Waals surface area (Å²) < 4.78 is 26.7. The highest BCUT2D eigenvalue weighted by Gasteiger charge is 2.35. The van der Waals surface area contributed by atoms with Crippen molar-refractivity contribution in [2.45, 2.75) is 30.2 Å². The van der Waals surface area contributed by atoms with Gasteiger partial charge in [-0.3, -0.25) is 4.79 Å². The van der Waals surface area contributed by atoms with E-state index in [9.17, 15) is 13.2 Å². The molecule has 0 bridgehead atoms. The van der Waals surface area contributed by atoms with Crippen LogP contribution in [0, 0.1) is 12.3 Å². The molecule has 0 radical (unpaired) electrons. The normalized spacial score (nSPS) is 19.3. The average molecular weight is 341 g/mol. The third kappa shape index (κ3) is 3.61. The van der Waals surface area contributed by atoms with Crippen molar-refractivity contribution in [3.05, 3.63) is 29.3 Å². The molecule has 1 heterocycles. The summed E-state index contributed by atoms with van der Waals surface area (Å²) in [6.45, 7) is 0.406. The smallest absolute Gasteiger partial charge is 0.244 e. The molecule has 0 aliphatic carbocycles. The van der Waals surface area contributed by atoms with Crippen LogP contribution in [0.2, 0.25) is 5.02 Å². The molecule has 2 rings (SSSR count). The maximum absolute atomic E-state index is 12.8. The molecule has 1 fully saturated rings. The molecule has 1 unspecified atom stereocenters. The van der Waals surface area contributed by atoms with Gasteiger partial charge in [-0.2, -0.15) is 4.31 Å². The Labute approximate surface area is 135 Å². The fraction of sp³-hybridized carbons (Fsp3) is 0.400. The predicted molar refractivity (Wildman–Crippen MR) is 84.8 cm³/mol. The van der Waals surface area contributed by atoms with Crippen LogP contribution in [0.1, 0.15) is 19.3 Å². The highest BCUT2D eigenvalue weighted by Crippen LogP contribution is 2.23. The molecule has 0 saturated carbocycles. The van der Waals surface area contributed by atoms with Gasteiger partial charge in [-0.25, -0.2) is 8.42 Å². The fourth-order valence-corrected chi connectivity index (χ4v) is 4.05. The third-order valence-corrected chi connectivity index (χ3v) is 5.64.